The molecule has 0 aliphatic carbocycles. The maximum Gasteiger partial charge on any atom is 0.435 e. The van der Waals surface area contributed by atoms with Crippen LogP contribution in [0.5, 0.6) is 0 Å². The van der Waals surface area contributed by atoms with Crippen LogP contribution in [0.3, 0.4) is 0 Å². The first-order valence-corrected chi connectivity index (χ1v) is 14.9. The smallest absolute Gasteiger partial charge is 0.435 e. The second kappa shape index (κ2) is 14.7. The number of hydrazine groups is 1. The number of carbonyl (C=O) groups excluding carboxylic acids is 2. The molecule has 244 valence electrons. The molecular weight excluding hydrogens is 625 g/mol. The van der Waals surface area contributed by atoms with Crippen LogP contribution in [-0.2, 0) is 35.3 Å². The van der Waals surface area contributed by atoms with Gasteiger partial charge >= 0.3 is 18.2 Å². The molecule has 45 heavy (non-hydrogen) atoms. The average molecular weight is 657 g/mol. The quantitative estimate of drug-likeness (QED) is 0.0679. The van der Waals surface area contributed by atoms with E-state index in [9.17, 15) is 36.4 Å². The van der Waals surface area contributed by atoms with E-state index in [-0.39, 0.29) is 34.2 Å². The third-order valence-electron chi connectivity index (χ3n) is 6.01. The summed E-state index contributed by atoms with van der Waals surface area (Å²) in [6.07, 6.45) is -5.96. The van der Waals surface area contributed by atoms with Gasteiger partial charge in [-0.3, -0.25) is 4.79 Å². The van der Waals surface area contributed by atoms with Crippen LogP contribution in [0.25, 0.3) is 16.9 Å². The average Bonchev–Trinajstić information content (AvgIpc) is 3.44. The second-order valence-electron chi connectivity index (χ2n) is 9.63. The second-order valence-corrected chi connectivity index (χ2v) is 11.3. The molecule has 3 aromatic rings. The number of alkyl halides is 3. The van der Waals surface area contributed by atoms with Crippen LogP contribution in [0.15, 0.2) is 64.8 Å². The number of benzene rings is 2. The third kappa shape index (κ3) is 9.56. The molecule has 18 heteroatoms. The molecule has 0 aliphatic heterocycles. The molecule has 1 aromatic heterocycles. The minimum absolute atomic E-state index is 0.0610. The number of aryl methyl sites for hydroxylation is 1. The fourth-order valence-corrected chi connectivity index (χ4v) is 4.59. The summed E-state index contributed by atoms with van der Waals surface area (Å²) in [4.78, 5) is 27.6. The van der Waals surface area contributed by atoms with E-state index in [0.717, 1.165) is 33.5 Å². The van der Waals surface area contributed by atoms with Gasteiger partial charge < -0.3 is 19.5 Å². The molecule has 0 saturated carbocycles. The lowest BCUT2D eigenvalue weighted by atomic mass is 10.1. The van der Waals surface area contributed by atoms with Crippen molar-refractivity contribution < 1.29 is 50.5 Å². The highest BCUT2D eigenvalue weighted by Crippen LogP contribution is 2.33. The standard InChI is InChI=1S/C27H31F3N6O8S/c1-5-25(37)43-17-44-33-36(39)34(18(2)3)14-15-42-26(38)32-45(40,41)22-12-10-21(11-13-22)35-23(16-24(31-35)27(28,29)30)20-8-6-19(4)7-9-20/h6-13,16,18H,5,14-15,17H2,1-4H3,(H,32,38). The first-order chi connectivity index (χ1) is 21.1. The Hall–Kier alpha value is -4.87. The Balaban J connectivity index is 1.66. The van der Waals surface area contributed by atoms with E-state index in [1.54, 1.807) is 49.8 Å². The number of carbonyl (C=O) groups is 2. The number of amides is 1. The number of hydrogen-bond acceptors (Lipinski definition) is 10. The summed E-state index contributed by atoms with van der Waals surface area (Å²) in [6, 6.07) is 11.9. The summed E-state index contributed by atoms with van der Waals surface area (Å²) in [6.45, 7) is 5.43. The molecule has 0 spiro atoms. The highest BCUT2D eigenvalue weighted by molar-refractivity contribution is 7.90. The number of nitrogens with zero attached hydrogens (tertiary/aromatic N) is 5. The van der Waals surface area contributed by atoms with Gasteiger partial charge in [0.25, 0.3) is 16.8 Å². The van der Waals surface area contributed by atoms with E-state index in [4.69, 9.17) is 4.74 Å². The molecule has 1 heterocycles. The van der Waals surface area contributed by atoms with Gasteiger partial charge in [-0.2, -0.15) is 18.3 Å². The zero-order valence-electron chi connectivity index (χ0n) is 24.6. The van der Waals surface area contributed by atoms with E-state index in [2.05, 4.69) is 20.0 Å². The molecule has 3 rings (SSSR count). The summed E-state index contributed by atoms with van der Waals surface area (Å²) < 4.78 is 78.2. The van der Waals surface area contributed by atoms with Gasteiger partial charge in [-0.1, -0.05) is 36.8 Å². The van der Waals surface area contributed by atoms with Crippen LogP contribution in [-0.4, -0.2) is 66.2 Å². The van der Waals surface area contributed by atoms with Gasteiger partial charge in [0.05, 0.1) is 27.3 Å². The number of aromatic nitrogens is 2. The number of hydrogen-bond donors (Lipinski definition) is 1. The van der Waals surface area contributed by atoms with Crippen molar-refractivity contribution >= 4 is 22.1 Å². The number of nitrogens with one attached hydrogen (secondary N) is 1. The van der Waals surface area contributed by atoms with Gasteiger partial charge in [-0.25, -0.2) is 22.6 Å². The Morgan fingerprint density at radius 1 is 1.11 bits per heavy atom. The maximum atomic E-state index is 13.5. The van der Waals surface area contributed by atoms with Crippen LogP contribution in [0.4, 0.5) is 18.0 Å². The van der Waals surface area contributed by atoms with E-state index >= 15 is 0 Å². The zero-order valence-corrected chi connectivity index (χ0v) is 25.5. The van der Waals surface area contributed by atoms with Crippen molar-refractivity contribution in [2.45, 2.75) is 51.2 Å². The molecule has 1 amide bonds. The van der Waals surface area contributed by atoms with Crippen molar-refractivity contribution in [1.82, 2.24) is 19.5 Å². The normalized spacial score (nSPS) is 12.1. The number of rotatable bonds is 13. The number of ether oxygens (including phenoxy) is 2. The van der Waals surface area contributed by atoms with Crippen LogP contribution in [0.2, 0.25) is 0 Å². The summed E-state index contributed by atoms with van der Waals surface area (Å²) in [7, 11) is -4.45. The molecule has 0 fully saturated rings. The topological polar surface area (TPSA) is 167 Å². The first-order valence-electron chi connectivity index (χ1n) is 13.4. The van der Waals surface area contributed by atoms with Gasteiger partial charge in [0, 0.05) is 12.0 Å². The maximum absolute atomic E-state index is 13.5. The lowest BCUT2D eigenvalue weighted by molar-refractivity contribution is -0.718. The predicted molar refractivity (Wildman–Crippen MR) is 151 cm³/mol. The summed E-state index contributed by atoms with van der Waals surface area (Å²) in [5, 5.41) is 20.2. The van der Waals surface area contributed by atoms with E-state index < -0.39 is 53.4 Å². The lowest BCUT2D eigenvalue weighted by Gasteiger charge is -2.21. The fraction of sp³-hybridized carbons (Fsp3) is 0.370. The molecule has 1 N–H and O–H groups in total. The van der Waals surface area contributed by atoms with Crippen molar-refractivity contribution in [3.63, 3.8) is 0 Å². The molecule has 0 bridgehead atoms. The molecule has 14 nitrogen and oxygen atoms in total. The zero-order chi connectivity index (χ0) is 33.4. The molecular formula is C27H31F3N6O8S. The molecule has 0 aliphatic rings. The third-order valence-corrected chi connectivity index (χ3v) is 7.34. The van der Waals surface area contributed by atoms with Crippen molar-refractivity contribution in [3.8, 4) is 16.9 Å². The fourth-order valence-electron chi connectivity index (χ4n) is 3.70. The highest BCUT2D eigenvalue weighted by Gasteiger charge is 2.35. The van der Waals surface area contributed by atoms with Crippen molar-refractivity contribution in [2.24, 2.45) is 5.28 Å². The van der Waals surface area contributed by atoms with Gasteiger partial charge in [-0.05, 0) is 51.1 Å². The van der Waals surface area contributed by atoms with Gasteiger partial charge in [-0.15, -0.1) is 5.01 Å². The summed E-state index contributed by atoms with van der Waals surface area (Å²) in [5.41, 5.74) is 0.496. The Morgan fingerprint density at radius 3 is 2.33 bits per heavy atom. The minimum Gasteiger partial charge on any atom is -0.569 e. The van der Waals surface area contributed by atoms with Crippen LogP contribution >= 0.6 is 0 Å². The predicted octanol–water partition coefficient (Wildman–Crippen LogP) is 4.71. The van der Waals surface area contributed by atoms with Crippen molar-refractivity contribution in [1.29, 1.82) is 0 Å². The monoisotopic (exact) mass is 656 g/mol. The Bertz CT molecular complexity index is 1610. The lowest BCUT2D eigenvalue weighted by Crippen LogP contribution is -2.40. The van der Waals surface area contributed by atoms with Gasteiger partial charge in [0.2, 0.25) is 5.28 Å². The van der Waals surface area contributed by atoms with Gasteiger partial charge in [0.1, 0.15) is 13.2 Å². The SMILES string of the molecule is CCC(=O)OCON=[N+]([O-])N(CCOC(=O)NS(=O)(=O)c1ccc(-n2nc(C(F)(F)F)cc2-c2ccc(C)cc2)cc1)C(C)C. The number of sulfonamides is 1. The first kappa shape index (κ1) is 34.6. The van der Waals surface area contributed by atoms with E-state index in [0.29, 0.717) is 5.56 Å². The molecule has 0 radical (unpaired) electrons. The van der Waals surface area contributed by atoms with Crippen LogP contribution in [0.1, 0.15) is 38.4 Å². The minimum atomic E-state index is -4.72. The van der Waals surface area contributed by atoms with Crippen molar-refractivity contribution in [2.75, 3.05) is 19.9 Å². The van der Waals surface area contributed by atoms with Crippen LogP contribution < -0.4 is 4.72 Å². The summed E-state index contributed by atoms with van der Waals surface area (Å²) >= 11 is 0. The van der Waals surface area contributed by atoms with E-state index in [1.807, 2.05) is 6.92 Å². The molecule has 0 saturated heterocycles. The van der Waals surface area contributed by atoms with Gasteiger partial charge in [0.15, 0.2) is 5.69 Å². The molecule has 0 unspecified atom stereocenters. The summed E-state index contributed by atoms with van der Waals surface area (Å²) in [5.74, 6) is -0.557. The highest BCUT2D eigenvalue weighted by atomic mass is 32.2. The Kier molecular flexibility index (Phi) is 11.3. The van der Waals surface area contributed by atoms with Crippen LogP contribution in [0, 0.1) is 12.1 Å². The Morgan fingerprint density at radius 2 is 1.76 bits per heavy atom. The molecule has 2 aromatic carbocycles. The van der Waals surface area contributed by atoms with Crippen molar-refractivity contribution in [3.05, 3.63) is 71.1 Å². The largest absolute Gasteiger partial charge is 0.569 e. The Labute approximate surface area is 256 Å². The number of esters is 1. The van der Waals surface area contributed by atoms with E-state index in [1.165, 1.54) is 12.1 Å². The molecule has 0 atom stereocenters. The number of halogens is 3.